The van der Waals surface area contributed by atoms with Gasteiger partial charge in [-0.3, -0.25) is 10.2 Å². The number of thioether (sulfide) groups is 1. The molecule has 4 aromatic rings. The van der Waals surface area contributed by atoms with E-state index < -0.39 is 0 Å². The number of rotatable bonds is 5. The summed E-state index contributed by atoms with van der Waals surface area (Å²) in [4.78, 5) is 11.8. The molecule has 0 saturated heterocycles. The second-order valence-electron chi connectivity index (χ2n) is 5.13. The predicted octanol–water partition coefficient (Wildman–Crippen LogP) is 2.34. The second-order valence-corrected chi connectivity index (χ2v) is 6.05. The van der Waals surface area contributed by atoms with E-state index in [1.807, 2.05) is 42.5 Å². The van der Waals surface area contributed by atoms with E-state index in [2.05, 4.69) is 25.8 Å². The van der Waals surface area contributed by atoms with Crippen LogP contribution in [0.1, 0.15) is 0 Å². The lowest BCUT2D eigenvalue weighted by atomic mass is 10.1. The molecule has 2 aromatic heterocycles. The fourth-order valence-electron chi connectivity index (χ4n) is 2.27. The van der Waals surface area contributed by atoms with Crippen molar-refractivity contribution >= 4 is 28.4 Å². The number of carbonyl (C=O) groups excluding carboxylic acids is 1. The minimum atomic E-state index is -0.227. The molecule has 0 atom stereocenters. The van der Waals surface area contributed by atoms with Crippen LogP contribution in [0.2, 0.25) is 0 Å². The molecule has 0 unspecified atom stereocenters. The Hall–Kier alpha value is -3.20. The molecule has 2 aromatic carbocycles. The van der Waals surface area contributed by atoms with Gasteiger partial charge in [-0.05, 0) is 22.9 Å². The number of aromatic nitrogens is 5. The molecule has 1 amide bonds. The third kappa shape index (κ3) is 3.50. The first kappa shape index (κ1) is 15.3. The molecule has 0 spiro atoms. The van der Waals surface area contributed by atoms with E-state index in [1.165, 1.54) is 17.3 Å². The first-order valence-corrected chi connectivity index (χ1v) is 8.36. The van der Waals surface area contributed by atoms with E-state index in [0.29, 0.717) is 11.1 Å². The van der Waals surface area contributed by atoms with E-state index in [0.717, 1.165) is 28.1 Å². The molecule has 8 nitrogen and oxygen atoms in total. The van der Waals surface area contributed by atoms with Crippen LogP contribution in [0.4, 0.5) is 0 Å². The summed E-state index contributed by atoms with van der Waals surface area (Å²) in [5.74, 6) is 0.333. The van der Waals surface area contributed by atoms with Gasteiger partial charge < -0.3 is 4.42 Å². The quantitative estimate of drug-likeness (QED) is 0.550. The number of nitrogens with one attached hydrogen (secondary N) is 1. The minimum absolute atomic E-state index is 0.136. The van der Waals surface area contributed by atoms with Crippen LogP contribution < -0.4 is 5.43 Å². The van der Waals surface area contributed by atoms with Crippen molar-refractivity contribution in [1.82, 2.24) is 25.1 Å². The molecule has 0 bridgehead atoms. The summed E-state index contributed by atoms with van der Waals surface area (Å²) in [6.07, 6.45) is 2.79. The average Bonchev–Trinajstić information content (AvgIpc) is 3.31. The lowest BCUT2D eigenvalue weighted by Crippen LogP contribution is -2.23. The second kappa shape index (κ2) is 6.73. The molecular weight excluding hydrogens is 340 g/mol. The molecule has 0 aliphatic carbocycles. The highest BCUT2D eigenvalue weighted by molar-refractivity contribution is 7.99. The van der Waals surface area contributed by atoms with Crippen molar-refractivity contribution < 1.29 is 9.21 Å². The maximum atomic E-state index is 11.8. The van der Waals surface area contributed by atoms with Gasteiger partial charge in [0.25, 0.3) is 5.22 Å². The predicted molar refractivity (Wildman–Crippen MR) is 92.4 cm³/mol. The van der Waals surface area contributed by atoms with Gasteiger partial charge >= 0.3 is 0 Å². The van der Waals surface area contributed by atoms with Gasteiger partial charge in [-0.15, -0.1) is 20.4 Å². The van der Waals surface area contributed by atoms with Crippen LogP contribution in [-0.4, -0.2) is 36.7 Å². The molecule has 9 heteroatoms. The van der Waals surface area contributed by atoms with Gasteiger partial charge in [0, 0.05) is 5.56 Å². The van der Waals surface area contributed by atoms with E-state index in [4.69, 9.17) is 4.42 Å². The largest absolute Gasteiger partial charge is 0.411 e. The van der Waals surface area contributed by atoms with Gasteiger partial charge in [-0.2, -0.15) is 0 Å². The fraction of sp³-hybridized carbons (Fsp3) is 0.0625. The number of hydrogen-bond acceptors (Lipinski definition) is 7. The first-order chi connectivity index (χ1) is 12.3. The molecule has 2 heterocycles. The molecule has 4 rings (SSSR count). The fourth-order valence-corrected chi connectivity index (χ4v) is 2.82. The SMILES string of the molecule is O=C(CSc1nnc(-c2ccc3ccccc3c2)o1)Nn1cnnc1. The lowest BCUT2D eigenvalue weighted by molar-refractivity contribution is -0.114. The van der Waals surface area contributed by atoms with Gasteiger partial charge in [0.15, 0.2) is 0 Å². The van der Waals surface area contributed by atoms with E-state index in [1.54, 1.807) is 0 Å². The molecule has 25 heavy (non-hydrogen) atoms. The molecule has 0 saturated carbocycles. The summed E-state index contributed by atoms with van der Waals surface area (Å²) < 4.78 is 7.01. The number of hydrogen-bond donors (Lipinski definition) is 1. The van der Waals surface area contributed by atoms with Crippen LogP contribution in [0.3, 0.4) is 0 Å². The zero-order chi connectivity index (χ0) is 17.1. The lowest BCUT2D eigenvalue weighted by Gasteiger charge is -2.02. The van der Waals surface area contributed by atoms with Crippen LogP contribution in [0.5, 0.6) is 0 Å². The summed E-state index contributed by atoms with van der Waals surface area (Å²) >= 11 is 1.16. The standard InChI is InChI=1S/C16H12N6O2S/c23-14(21-22-9-17-18-10-22)8-25-16-20-19-15(24-16)13-6-5-11-3-1-2-4-12(11)7-13/h1-7,9-10H,8H2,(H,21,23). The smallest absolute Gasteiger partial charge is 0.277 e. The zero-order valence-electron chi connectivity index (χ0n) is 12.9. The Bertz CT molecular complexity index is 1010. The number of nitrogens with zero attached hydrogens (tertiary/aromatic N) is 5. The highest BCUT2D eigenvalue weighted by Gasteiger charge is 2.12. The van der Waals surface area contributed by atoms with E-state index >= 15 is 0 Å². The number of carbonyl (C=O) groups is 1. The Morgan fingerprint density at radius 3 is 2.72 bits per heavy atom. The average molecular weight is 352 g/mol. The Labute approximate surface area is 146 Å². The van der Waals surface area contributed by atoms with Crippen LogP contribution in [0.15, 0.2) is 64.8 Å². The van der Waals surface area contributed by atoms with Crippen molar-refractivity contribution in [1.29, 1.82) is 0 Å². The zero-order valence-corrected chi connectivity index (χ0v) is 13.7. The number of amides is 1. The highest BCUT2D eigenvalue weighted by atomic mass is 32.2. The Balaban J connectivity index is 1.43. The summed E-state index contributed by atoms with van der Waals surface area (Å²) in [5, 5.41) is 17.8. The van der Waals surface area contributed by atoms with Crippen molar-refractivity contribution in [3.63, 3.8) is 0 Å². The highest BCUT2D eigenvalue weighted by Crippen LogP contribution is 2.26. The van der Waals surface area contributed by atoms with Gasteiger partial charge in [0.05, 0.1) is 5.75 Å². The summed E-state index contributed by atoms with van der Waals surface area (Å²) in [6, 6.07) is 14.0. The molecule has 0 fully saturated rings. The number of benzene rings is 2. The van der Waals surface area contributed by atoms with Gasteiger partial charge in [0.2, 0.25) is 11.8 Å². The molecule has 0 radical (unpaired) electrons. The van der Waals surface area contributed by atoms with Crippen LogP contribution in [0.25, 0.3) is 22.2 Å². The van der Waals surface area contributed by atoms with Crippen LogP contribution in [-0.2, 0) is 4.79 Å². The van der Waals surface area contributed by atoms with E-state index in [9.17, 15) is 4.79 Å². The van der Waals surface area contributed by atoms with Gasteiger partial charge in [-0.25, -0.2) is 4.68 Å². The molecular formula is C16H12N6O2S. The third-order valence-corrected chi connectivity index (χ3v) is 4.22. The summed E-state index contributed by atoms with van der Waals surface area (Å²) in [5.41, 5.74) is 3.43. The van der Waals surface area contributed by atoms with Gasteiger partial charge in [0.1, 0.15) is 12.7 Å². The monoisotopic (exact) mass is 352 g/mol. The molecule has 124 valence electrons. The van der Waals surface area contributed by atoms with Crippen molar-refractivity contribution in [2.75, 3.05) is 11.2 Å². The molecule has 0 aliphatic rings. The summed E-state index contributed by atoms with van der Waals surface area (Å²) in [7, 11) is 0. The topological polar surface area (TPSA) is 98.7 Å². The summed E-state index contributed by atoms with van der Waals surface area (Å²) in [6.45, 7) is 0. The first-order valence-electron chi connectivity index (χ1n) is 7.38. The third-order valence-electron chi connectivity index (χ3n) is 3.40. The number of fused-ring (bicyclic) bond motifs is 1. The maximum Gasteiger partial charge on any atom is 0.277 e. The van der Waals surface area contributed by atoms with Crippen molar-refractivity contribution in [2.45, 2.75) is 5.22 Å². The van der Waals surface area contributed by atoms with Crippen LogP contribution in [0, 0.1) is 0 Å². The van der Waals surface area contributed by atoms with Crippen molar-refractivity contribution in [2.24, 2.45) is 0 Å². The van der Waals surface area contributed by atoms with E-state index in [-0.39, 0.29) is 11.7 Å². The Morgan fingerprint density at radius 2 is 1.88 bits per heavy atom. The molecule has 1 N–H and O–H groups in total. The Morgan fingerprint density at radius 1 is 1.08 bits per heavy atom. The van der Waals surface area contributed by atoms with Crippen molar-refractivity contribution in [3.8, 4) is 11.5 Å². The Kier molecular flexibility index (Phi) is 4.13. The molecule has 0 aliphatic heterocycles. The van der Waals surface area contributed by atoms with Crippen LogP contribution >= 0.6 is 11.8 Å². The minimum Gasteiger partial charge on any atom is -0.411 e. The van der Waals surface area contributed by atoms with Crippen molar-refractivity contribution in [3.05, 3.63) is 55.1 Å². The van der Waals surface area contributed by atoms with Gasteiger partial charge in [-0.1, -0.05) is 42.1 Å². The normalized spacial score (nSPS) is 10.9. The maximum absolute atomic E-state index is 11.8.